The Morgan fingerprint density at radius 2 is 1.76 bits per heavy atom. The van der Waals surface area contributed by atoms with Crippen molar-refractivity contribution < 1.29 is 9.59 Å². The van der Waals surface area contributed by atoms with Gasteiger partial charge in [0.05, 0.1) is 12.6 Å². The van der Waals surface area contributed by atoms with Crippen molar-refractivity contribution in [2.24, 2.45) is 0 Å². The molecule has 1 fully saturated rings. The number of nitrogens with zero attached hydrogens (tertiary/aromatic N) is 2. The molecule has 0 spiro atoms. The molecule has 2 atom stereocenters. The lowest BCUT2D eigenvalue weighted by Crippen LogP contribution is -2.63. The summed E-state index contributed by atoms with van der Waals surface area (Å²) in [6, 6.07) is 16.1. The van der Waals surface area contributed by atoms with E-state index in [0.29, 0.717) is 18.9 Å². The van der Waals surface area contributed by atoms with Crippen molar-refractivity contribution in [2.45, 2.75) is 70.9 Å². The van der Waals surface area contributed by atoms with Crippen molar-refractivity contribution in [3.05, 3.63) is 70.9 Å². The highest BCUT2D eigenvalue weighted by Gasteiger charge is 2.48. The van der Waals surface area contributed by atoms with Gasteiger partial charge in [0.1, 0.15) is 6.04 Å². The molecule has 2 unspecified atom stereocenters. The van der Waals surface area contributed by atoms with E-state index in [0.717, 1.165) is 41.4 Å². The first kappa shape index (κ1) is 22.7. The van der Waals surface area contributed by atoms with Crippen molar-refractivity contribution in [3.63, 3.8) is 0 Å². The van der Waals surface area contributed by atoms with E-state index in [1.165, 1.54) is 17.5 Å². The molecular weight excluding hydrogens is 422 g/mol. The largest absolute Gasteiger partial charge is 0.356 e. The molecule has 1 saturated heterocycles. The summed E-state index contributed by atoms with van der Waals surface area (Å²) in [6.45, 7) is 7.40. The Morgan fingerprint density at radius 3 is 2.50 bits per heavy atom. The predicted molar refractivity (Wildman–Crippen MR) is 136 cm³/mol. The number of carbonyl (C=O) groups excluding carboxylic acids is 2. The van der Waals surface area contributed by atoms with Crippen molar-refractivity contribution >= 4 is 22.7 Å². The lowest BCUT2D eigenvalue weighted by molar-refractivity contribution is -0.158. The van der Waals surface area contributed by atoms with Gasteiger partial charge < -0.3 is 14.8 Å². The lowest BCUT2D eigenvalue weighted by atomic mass is 9.85. The number of nitrogens with one attached hydrogen (secondary N) is 1. The van der Waals surface area contributed by atoms with Crippen LogP contribution in [0.2, 0.25) is 0 Å². The molecule has 0 aliphatic carbocycles. The lowest BCUT2D eigenvalue weighted by Gasteiger charge is -2.47. The van der Waals surface area contributed by atoms with Gasteiger partial charge in [-0.2, -0.15) is 0 Å². The summed E-state index contributed by atoms with van der Waals surface area (Å²) in [5.74, 6) is 0.578. The number of H-pyrrole nitrogens is 1. The van der Waals surface area contributed by atoms with E-state index in [-0.39, 0.29) is 24.4 Å². The number of benzene rings is 2. The highest BCUT2D eigenvalue weighted by molar-refractivity contribution is 5.97. The molecule has 2 amide bonds. The van der Waals surface area contributed by atoms with E-state index in [2.05, 4.69) is 62.2 Å². The molecule has 3 heterocycles. The SMILES string of the molecule is CCCCCCN1CC(=O)N2C(Cc3c([nH]c4ccccc34)C2c2ccc(C(C)C)cc2)C1=O. The van der Waals surface area contributed by atoms with Crippen LogP contribution >= 0.6 is 0 Å². The van der Waals surface area contributed by atoms with Crippen LogP contribution in [0.1, 0.15) is 80.8 Å². The fourth-order valence-corrected chi connectivity index (χ4v) is 5.65. The number of aromatic nitrogens is 1. The number of carbonyl (C=O) groups is 2. The van der Waals surface area contributed by atoms with Crippen LogP contribution in [0, 0.1) is 0 Å². The first-order chi connectivity index (χ1) is 16.5. The Labute approximate surface area is 202 Å². The predicted octanol–water partition coefficient (Wildman–Crippen LogP) is 5.56. The van der Waals surface area contributed by atoms with Gasteiger partial charge >= 0.3 is 0 Å². The Morgan fingerprint density at radius 1 is 1.00 bits per heavy atom. The molecule has 5 nitrogen and oxygen atoms in total. The van der Waals surface area contributed by atoms with E-state index in [4.69, 9.17) is 0 Å². The third-order valence-electron chi connectivity index (χ3n) is 7.54. The van der Waals surface area contributed by atoms with Crippen molar-refractivity contribution in [1.82, 2.24) is 14.8 Å². The van der Waals surface area contributed by atoms with Crippen LogP contribution in [0.25, 0.3) is 10.9 Å². The van der Waals surface area contributed by atoms with Crippen molar-refractivity contribution in [3.8, 4) is 0 Å². The van der Waals surface area contributed by atoms with Crippen LogP contribution in [0.3, 0.4) is 0 Å². The Balaban J connectivity index is 1.55. The molecule has 178 valence electrons. The average Bonchev–Trinajstić information content (AvgIpc) is 3.22. The average molecular weight is 458 g/mol. The highest BCUT2D eigenvalue weighted by atomic mass is 16.2. The third kappa shape index (κ3) is 3.91. The minimum Gasteiger partial charge on any atom is -0.356 e. The van der Waals surface area contributed by atoms with Gasteiger partial charge in [-0.3, -0.25) is 9.59 Å². The van der Waals surface area contributed by atoms with Gasteiger partial charge in [0, 0.05) is 29.6 Å². The molecule has 2 aromatic carbocycles. The fraction of sp³-hybridized carbons (Fsp3) is 0.448. The molecule has 2 aliphatic heterocycles. The monoisotopic (exact) mass is 457 g/mol. The second-order valence-electron chi connectivity index (χ2n) is 10.1. The van der Waals surface area contributed by atoms with Crippen molar-refractivity contribution in [1.29, 1.82) is 0 Å². The Kier molecular flexibility index (Phi) is 6.20. The number of amides is 2. The molecule has 5 rings (SSSR count). The Hall–Kier alpha value is -3.08. The number of para-hydroxylation sites is 1. The maximum atomic E-state index is 13.7. The molecular formula is C29H35N3O2. The van der Waals surface area contributed by atoms with E-state index in [9.17, 15) is 9.59 Å². The van der Waals surface area contributed by atoms with Gasteiger partial charge in [0.15, 0.2) is 0 Å². The summed E-state index contributed by atoms with van der Waals surface area (Å²) >= 11 is 0. The zero-order valence-electron chi connectivity index (χ0n) is 20.5. The number of piperazine rings is 1. The fourth-order valence-electron chi connectivity index (χ4n) is 5.65. The summed E-state index contributed by atoms with van der Waals surface area (Å²) in [5, 5.41) is 1.15. The number of hydrogen-bond acceptors (Lipinski definition) is 2. The minimum absolute atomic E-state index is 0.0438. The molecule has 0 saturated carbocycles. The van der Waals surface area contributed by atoms with Crippen LogP contribution in [-0.4, -0.2) is 45.7 Å². The summed E-state index contributed by atoms with van der Waals surface area (Å²) in [6.07, 6.45) is 4.94. The molecule has 0 bridgehead atoms. The molecule has 5 heteroatoms. The van der Waals surface area contributed by atoms with E-state index >= 15 is 0 Å². The number of unbranched alkanes of at least 4 members (excludes halogenated alkanes) is 3. The maximum absolute atomic E-state index is 13.7. The molecule has 3 aromatic rings. The van der Waals surface area contributed by atoms with Gasteiger partial charge in [-0.15, -0.1) is 0 Å². The number of aromatic amines is 1. The molecule has 1 N–H and O–H groups in total. The van der Waals surface area contributed by atoms with Crippen LogP contribution in [0.4, 0.5) is 0 Å². The highest BCUT2D eigenvalue weighted by Crippen LogP contribution is 2.42. The summed E-state index contributed by atoms with van der Waals surface area (Å²) in [7, 11) is 0. The molecule has 2 aliphatic rings. The van der Waals surface area contributed by atoms with Crippen LogP contribution in [-0.2, 0) is 16.0 Å². The van der Waals surface area contributed by atoms with Gasteiger partial charge in [-0.1, -0.05) is 82.5 Å². The topological polar surface area (TPSA) is 56.4 Å². The number of hydrogen-bond donors (Lipinski definition) is 1. The second-order valence-corrected chi connectivity index (χ2v) is 10.1. The molecule has 0 radical (unpaired) electrons. The molecule has 34 heavy (non-hydrogen) atoms. The first-order valence-electron chi connectivity index (χ1n) is 12.8. The van der Waals surface area contributed by atoms with Crippen LogP contribution < -0.4 is 0 Å². The van der Waals surface area contributed by atoms with Gasteiger partial charge in [-0.25, -0.2) is 0 Å². The minimum atomic E-state index is -0.450. The summed E-state index contributed by atoms with van der Waals surface area (Å²) < 4.78 is 0. The standard InChI is InChI=1S/C29H35N3O2/c1-4-5-6-9-16-31-18-26(33)32-25(29(31)34)17-23-22-10-7-8-11-24(22)30-27(23)28(32)21-14-12-20(13-15-21)19(2)3/h7-8,10-15,19,25,28,30H,4-6,9,16-18H2,1-3H3. The number of fused-ring (bicyclic) bond motifs is 4. The van der Waals surface area contributed by atoms with Crippen LogP contribution in [0.5, 0.6) is 0 Å². The quantitative estimate of drug-likeness (QED) is 0.473. The van der Waals surface area contributed by atoms with Gasteiger partial charge in [0.2, 0.25) is 11.8 Å². The third-order valence-corrected chi connectivity index (χ3v) is 7.54. The smallest absolute Gasteiger partial charge is 0.246 e. The van der Waals surface area contributed by atoms with Crippen LogP contribution in [0.15, 0.2) is 48.5 Å². The maximum Gasteiger partial charge on any atom is 0.246 e. The Bertz CT molecular complexity index is 1190. The first-order valence-corrected chi connectivity index (χ1v) is 12.8. The molecule has 1 aromatic heterocycles. The zero-order chi connectivity index (χ0) is 23.8. The number of rotatable bonds is 7. The van der Waals surface area contributed by atoms with E-state index in [1.807, 2.05) is 17.0 Å². The van der Waals surface area contributed by atoms with Crippen molar-refractivity contribution in [2.75, 3.05) is 13.1 Å². The van der Waals surface area contributed by atoms with E-state index < -0.39 is 6.04 Å². The summed E-state index contributed by atoms with van der Waals surface area (Å²) in [4.78, 5) is 34.5. The van der Waals surface area contributed by atoms with Gasteiger partial charge in [0.25, 0.3) is 0 Å². The summed E-state index contributed by atoms with van der Waals surface area (Å²) in [5.41, 5.74) is 5.61. The second kappa shape index (κ2) is 9.28. The van der Waals surface area contributed by atoms with E-state index in [1.54, 1.807) is 4.90 Å². The van der Waals surface area contributed by atoms with Gasteiger partial charge in [-0.05, 0) is 35.1 Å². The zero-order valence-corrected chi connectivity index (χ0v) is 20.5. The normalized spacial score (nSPS) is 20.2.